The van der Waals surface area contributed by atoms with Crippen LogP contribution in [-0.4, -0.2) is 0 Å². The molecule has 0 aliphatic rings. The third-order valence-corrected chi connectivity index (χ3v) is 6.70. The molecule has 174 valence electrons. The van der Waals surface area contributed by atoms with Crippen molar-refractivity contribution in [1.82, 2.24) is 0 Å². The highest BCUT2D eigenvalue weighted by molar-refractivity contribution is 5.85. The van der Waals surface area contributed by atoms with Crippen LogP contribution in [0.1, 0.15) is 116 Å². The number of nitrogens with zero attached hydrogens (tertiary/aromatic N) is 1. The molecule has 0 spiro atoms. The molecule has 1 aromatic heterocycles. The van der Waals surface area contributed by atoms with E-state index in [0.717, 1.165) is 0 Å². The summed E-state index contributed by atoms with van der Waals surface area (Å²) in [6.45, 7) is 4.69. The molecule has 2 aromatic rings. The summed E-state index contributed by atoms with van der Waals surface area (Å²) in [4.78, 5) is 0. The zero-order valence-corrected chi connectivity index (χ0v) is 21.1. The number of rotatable bonds is 17. The molecule has 0 bridgehead atoms. The van der Waals surface area contributed by atoms with Gasteiger partial charge in [0.05, 0.1) is 0 Å². The fourth-order valence-corrected chi connectivity index (χ4v) is 4.61. The van der Waals surface area contributed by atoms with Crippen molar-refractivity contribution in [3.05, 3.63) is 66.5 Å². The van der Waals surface area contributed by atoms with Crippen LogP contribution in [0.15, 0.2) is 60.9 Å². The van der Waals surface area contributed by atoms with Gasteiger partial charge in [-0.05, 0) is 6.42 Å². The highest BCUT2D eigenvalue weighted by atomic mass is 35.5. The van der Waals surface area contributed by atoms with Crippen molar-refractivity contribution in [3.8, 4) is 0 Å². The van der Waals surface area contributed by atoms with E-state index in [4.69, 9.17) is 0 Å². The highest BCUT2D eigenvalue weighted by Gasteiger charge is 2.35. The van der Waals surface area contributed by atoms with Gasteiger partial charge in [0.15, 0.2) is 17.9 Å². The van der Waals surface area contributed by atoms with Gasteiger partial charge < -0.3 is 0 Å². The zero-order chi connectivity index (χ0) is 21.3. The monoisotopic (exact) mass is 444 g/mol. The second-order valence-corrected chi connectivity index (χ2v) is 9.27. The number of unbranched alkanes of at least 4 members (excludes halogenated alkanes) is 13. The summed E-state index contributed by atoms with van der Waals surface area (Å²) in [5, 5.41) is 0. The Morgan fingerprint density at radius 2 is 1.00 bits per heavy atom. The molecule has 0 aliphatic heterocycles. The summed E-state index contributed by atoms with van der Waals surface area (Å²) < 4.78 is 2.39. The molecular weight excluding hydrogens is 398 g/mol. The maximum absolute atomic E-state index is 2.39. The number of pyridine rings is 1. The first-order valence-electron chi connectivity index (χ1n) is 12.8. The standard InChI is InChI=1S/C29H46N.ClH/c1-3-4-5-6-7-8-9-10-11-12-13-14-15-20-25-29(2,28-23-18-16-19-24-28)30-26-21-17-22-27-30;/h16-19,21-24,26-27H,3-15,20,25H2,1-2H3;1H/q+1;. The summed E-state index contributed by atoms with van der Waals surface area (Å²) in [5.74, 6) is 0. The molecular formula is C29H47ClN+. The molecule has 1 aromatic carbocycles. The van der Waals surface area contributed by atoms with E-state index >= 15 is 0 Å². The van der Waals surface area contributed by atoms with Crippen LogP contribution in [0, 0.1) is 0 Å². The lowest BCUT2D eigenvalue weighted by Crippen LogP contribution is -2.54. The average Bonchev–Trinajstić information content (AvgIpc) is 2.80. The SMILES string of the molecule is CCCCCCCCCCCCCCCCC(C)(c1ccccc1)[n+]1ccccc1.Cl. The van der Waals surface area contributed by atoms with Gasteiger partial charge in [-0.15, -0.1) is 12.4 Å². The van der Waals surface area contributed by atoms with E-state index in [-0.39, 0.29) is 17.9 Å². The summed E-state index contributed by atoms with van der Waals surface area (Å²) in [5.41, 5.74) is 1.45. The first kappa shape index (κ1) is 27.7. The van der Waals surface area contributed by atoms with Crippen LogP contribution in [0.3, 0.4) is 0 Å². The van der Waals surface area contributed by atoms with Gasteiger partial charge in [-0.1, -0.05) is 127 Å². The lowest BCUT2D eigenvalue weighted by Gasteiger charge is -2.25. The minimum absolute atomic E-state index is 0. The fourth-order valence-electron chi connectivity index (χ4n) is 4.61. The summed E-state index contributed by atoms with van der Waals surface area (Å²) in [6.07, 6.45) is 25.5. The number of hydrogen-bond donors (Lipinski definition) is 0. The van der Waals surface area contributed by atoms with Crippen LogP contribution in [0.5, 0.6) is 0 Å². The third kappa shape index (κ3) is 10.7. The maximum atomic E-state index is 2.39. The average molecular weight is 445 g/mol. The molecule has 0 saturated heterocycles. The molecule has 31 heavy (non-hydrogen) atoms. The van der Waals surface area contributed by atoms with Crippen molar-refractivity contribution in [1.29, 1.82) is 0 Å². The van der Waals surface area contributed by atoms with Gasteiger partial charge in [-0.2, -0.15) is 4.57 Å². The first-order valence-corrected chi connectivity index (χ1v) is 12.8. The molecule has 1 atom stereocenters. The smallest absolute Gasteiger partial charge is 0.190 e. The number of aromatic nitrogens is 1. The van der Waals surface area contributed by atoms with Crippen LogP contribution in [-0.2, 0) is 5.54 Å². The minimum atomic E-state index is 0. The normalized spacial score (nSPS) is 12.8. The molecule has 0 fully saturated rings. The Morgan fingerprint density at radius 3 is 1.48 bits per heavy atom. The predicted octanol–water partition coefficient (Wildman–Crippen LogP) is 9.03. The molecule has 0 aliphatic carbocycles. The summed E-state index contributed by atoms with van der Waals surface area (Å²) >= 11 is 0. The Morgan fingerprint density at radius 1 is 0.581 bits per heavy atom. The number of benzene rings is 1. The van der Waals surface area contributed by atoms with Crippen LogP contribution < -0.4 is 4.57 Å². The lowest BCUT2D eigenvalue weighted by molar-refractivity contribution is -0.752. The van der Waals surface area contributed by atoms with Gasteiger partial charge >= 0.3 is 0 Å². The van der Waals surface area contributed by atoms with E-state index in [1.54, 1.807) is 0 Å². The topological polar surface area (TPSA) is 3.88 Å². The second-order valence-electron chi connectivity index (χ2n) is 9.27. The Bertz CT molecular complexity index is 601. The van der Waals surface area contributed by atoms with E-state index < -0.39 is 0 Å². The van der Waals surface area contributed by atoms with Crippen LogP contribution in [0.25, 0.3) is 0 Å². The van der Waals surface area contributed by atoms with Crippen molar-refractivity contribution in [3.63, 3.8) is 0 Å². The molecule has 0 amide bonds. The van der Waals surface area contributed by atoms with Crippen molar-refractivity contribution in [2.24, 2.45) is 0 Å². The van der Waals surface area contributed by atoms with Gasteiger partial charge in [-0.25, -0.2) is 0 Å². The van der Waals surface area contributed by atoms with Gasteiger partial charge in [0.25, 0.3) is 0 Å². The third-order valence-electron chi connectivity index (χ3n) is 6.70. The van der Waals surface area contributed by atoms with Gasteiger partial charge in [-0.3, -0.25) is 0 Å². The van der Waals surface area contributed by atoms with Gasteiger partial charge in [0.1, 0.15) is 0 Å². The van der Waals surface area contributed by atoms with Crippen LogP contribution >= 0.6 is 12.4 Å². The van der Waals surface area contributed by atoms with Gasteiger partial charge in [0.2, 0.25) is 0 Å². The molecule has 2 heteroatoms. The van der Waals surface area contributed by atoms with Crippen molar-refractivity contribution in [2.75, 3.05) is 0 Å². The molecule has 0 saturated carbocycles. The zero-order valence-electron chi connectivity index (χ0n) is 20.2. The molecule has 1 nitrogen and oxygen atoms in total. The second kappa shape index (κ2) is 17.2. The van der Waals surface area contributed by atoms with Crippen LogP contribution in [0.2, 0.25) is 0 Å². The predicted molar refractivity (Wildman–Crippen MR) is 138 cm³/mol. The fraction of sp³-hybridized carbons (Fsp3) is 0.621. The number of halogens is 1. The highest BCUT2D eigenvalue weighted by Crippen LogP contribution is 2.27. The quantitative estimate of drug-likeness (QED) is 0.169. The van der Waals surface area contributed by atoms with Gasteiger partial charge in [0, 0.05) is 31.0 Å². The van der Waals surface area contributed by atoms with Crippen molar-refractivity contribution in [2.45, 2.75) is 116 Å². The van der Waals surface area contributed by atoms with E-state index in [9.17, 15) is 0 Å². The largest absolute Gasteiger partial charge is 0.196 e. The molecule has 0 N–H and O–H groups in total. The Balaban J connectivity index is 0.00000480. The minimum Gasteiger partial charge on any atom is -0.196 e. The molecule has 2 rings (SSSR count). The molecule has 1 unspecified atom stereocenters. The molecule has 0 radical (unpaired) electrons. The summed E-state index contributed by atoms with van der Waals surface area (Å²) in [6, 6.07) is 17.4. The van der Waals surface area contributed by atoms with E-state index in [2.05, 4.69) is 79.3 Å². The number of hydrogen-bond acceptors (Lipinski definition) is 0. The van der Waals surface area contributed by atoms with Crippen LogP contribution in [0.4, 0.5) is 0 Å². The molecule has 1 heterocycles. The van der Waals surface area contributed by atoms with Crippen molar-refractivity contribution < 1.29 is 4.57 Å². The first-order chi connectivity index (χ1) is 14.8. The Labute approximate surface area is 199 Å². The van der Waals surface area contributed by atoms with E-state index in [1.165, 1.54) is 102 Å². The lowest BCUT2D eigenvalue weighted by atomic mass is 9.86. The Kier molecular flexibility index (Phi) is 15.4. The van der Waals surface area contributed by atoms with E-state index in [0.29, 0.717) is 0 Å². The maximum Gasteiger partial charge on any atom is 0.190 e. The van der Waals surface area contributed by atoms with Crippen molar-refractivity contribution >= 4 is 12.4 Å². The Hall–Kier alpha value is -1.34. The van der Waals surface area contributed by atoms with E-state index in [1.807, 2.05) is 0 Å². The summed E-state index contributed by atoms with van der Waals surface area (Å²) in [7, 11) is 0.